The lowest BCUT2D eigenvalue weighted by atomic mass is 10.1. The van der Waals surface area contributed by atoms with Gasteiger partial charge in [0.05, 0.1) is 18.9 Å². The molecule has 1 aromatic rings. The number of piperidine rings is 1. The van der Waals surface area contributed by atoms with E-state index < -0.39 is 6.09 Å². The normalized spacial score (nSPS) is 15.8. The number of nitrogens with one attached hydrogen (secondary N) is 1. The molecule has 1 fully saturated rings. The van der Waals surface area contributed by atoms with Crippen LogP contribution in [0.1, 0.15) is 52.4 Å². The SMILES string of the molecule is CCCCOc1ccccc1NC(=O)OC(COCCC)CN1CCCCC1. The van der Waals surface area contributed by atoms with Crippen LogP contribution in [0, 0.1) is 0 Å². The van der Waals surface area contributed by atoms with Gasteiger partial charge in [0, 0.05) is 13.2 Å². The molecule has 1 aliphatic rings. The van der Waals surface area contributed by atoms with E-state index in [1.807, 2.05) is 24.3 Å². The van der Waals surface area contributed by atoms with Gasteiger partial charge in [-0.1, -0.05) is 38.8 Å². The van der Waals surface area contributed by atoms with Crippen LogP contribution in [0.3, 0.4) is 0 Å². The molecule has 0 aromatic heterocycles. The molecule has 0 radical (unpaired) electrons. The lowest BCUT2D eigenvalue weighted by Gasteiger charge is -2.30. The van der Waals surface area contributed by atoms with Crippen LogP contribution in [-0.2, 0) is 9.47 Å². The van der Waals surface area contributed by atoms with E-state index >= 15 is 0 Å². The van der Waals surface area contributed by atoms with Crippen molar-refractivity contribution in [1.82, 2.24) is 4.90 Å². The summed E-state index contributed by atoms with van der Waals surface area (Å²) in [6, 6.07) is 7.46. The van der Waals surface area contributed by atoms with Gasteiger partial charge in [0.25, 0.3) is 0 Å². The molecule has 2 rings (SSSR count). The second kappa shape index (κ2) is 13.4. The Morgan fingerprint density at radius 2 is 1.89 bits per heavy atom. The third-order valence-electron chi connectivity index (χ3n) is 4.72. The smallest absolute Gasteiger partial charge is 0.412 e. The molecule has 0 saturated carbocycles. The van der Waals surface area contributed by atoms with Crippen molar-refractivity contribution in [1.29, 1.82) is 0 Å². The number of rotatable bonds is 12. The van der Waals surface area contributed by atoms with E-state index in [0.717, 1.165) is 32.4 Å². The summed E-state index contributed by atoms with van der Waals surface area (Å²) in [5.74, 6) is 0.669. The zero-order chi connectivity index (χ0) is 20.0. The van der Waals surface area contributed by atoms with E-state index in [9.17, 15) is 4.79 Å². The van der Waals surface area contributed by atoms with Crippen molar-refractivity contribution in [3.8, 4) is 5.75 Å². The van der Waals surface area contributed by atoms with Crippen LogP contribution in [0.2, 0.25) is 0 Å². The second-order valence-corrected chi connectivity index (χ2v) is 7.29. The highest BCUT2D eigenvalue weighted by Gasteiger charge is 2.21. The first-order valence-corrected chi connectivity index (χ1v) is 10.7. The number of unbranched alkanes of at least 4 members (excludes halogenated alkanes) is 1. The molecule has 1 aliphatic heterocycles. The molecule has 0 spiro atoms. The van der Waals surface area contributed by atoms with Gasteiger partial charge in [-0.3, -0.25) is 10.2 Å². The Kier molecular flexibility index (Phi) is 10.8. The van der Waals surface area contributed by atoms with Gasteiger partial charge in [-0.25, -0.2) is 4.79 Å². The molecule has 6 nitrogen and oxygen atoms in total. The Balaban J connectivity index is 1.90. The summed E-state index contributed by atoms with van der Waals surface area (Å²) in [5, 5.41) is 2.84. The van der Waals surface area contributed by atoms with Crippen LogP contribution in [0.4, 0.5) is 10.5 Å². The minimum atomic E-state index is -0.464. The number of carbonyl (C=O) groups excluding carboxylic acids is 1. The maximum absolute atomic E-state index is 12.5. The molecule has 6 heteroatoms. The number of carbonyl (C=O) groups is 1. The van der Waals surface area contributed by atoms with Gasteiger partial charge in [-0.05, 0) is 50.9 Å². The van der Waals surface area contributed by atoms with Gasteiger partial charge < -0.3 is 14.2 Å². The summed E-state index contributed by atoms with van der Waals surface area (Å²) in [4.78, 5) is 14.9. The first-order valence-electron chi connectivity index (χ1n) is 10.7. The van der Waals surface area contributed by atoms with Gasteiger partial charge in [0.15, 0.2) is 0 Å². The second-order valence-electron chi connectivity index (χ2n) is 7.29. The fraction of sp³-hybridized carbons (Fsp3) is 0.682. The molecule has 1 heterocycles. The van der Waals surface area contributed by atoms with E-state index in [1.54, 1.807) is 0 Å². The summed E-state index contributed by atoms with van der Waals surface area (Å²) in [5.41, 5.74) is 0.634. The van der Waals surface area contributed by atoms with Crippen LogP contribution in [0.15, 0.2) is 24.3 Å². The van der Waals surface area contributed by atoms with Gasteiger partial charge >= 0.3 is 6.09 Å². The number of amides is 1. The van der Waals surface area contributed by atoms with Crippen molar-refractivity contribution in [3.05, 3.63) is 24.3 Å². The number of hydrogen-bond donors (Lipinski definition) is 1. The molecular weight excluding hydrogens is 356 g/mol. The molecular formula is C22H36N2O4. The van der Waals surface area contributed by atoms with E-state index in [1.165, 1.54) is 19.3 Å². The van der Waals surface area contributed by atoms with Crippen molar-refractivity contribution in [2.75, 3.05) is 44.8 Å². The van der Waals surface area contributed by atoms with E-state index in [0.29, 0.717) is 37.8 Å². The van der Waals surface area contributed by atoms with Crippen molar-refractivity contribution in [3.63, 3.8) is 0 Å². The quantitative estimate of drug-likeness (QED) is 0.523. The molecule has 1 unspecified atom stereocenters. The zero-order valence-electron chi connectivity index (χ0n) is 17.5. The van der Waals surface area contributed by atoms with E-state index in [4.69, 9.17) is 14.2 Å². The fourth-order valence-corrected chi connectivity index (χ4v) is 3.23. The number of para-hydroxylation sites is 2. The molecule has 0 aliphatic carbocycles. The lowest BCUT2D eigenvalue weighted by Crippen LogP contribution is -2.41. The molecule has 28 heavy (non-hydrogen) atoms. The largest absolute Gasteiger partial charge is 0.491 e. The van der Waals surface area contributed by atoms with Crippen LogP contribution in [0.25, 0.3) is 0 Å². The lowest BCUT2D eigenvalue weighted by molar-refractivity contribution is 0.00487. The maximum atomic E-state index is 12.5. The Morgan fingerprint density at radius 3 is 2.64 bits per heavy atom. The molecule has 1 saturated heterocycles. The zero-order valence-corrected chi connectivity index (χ0v) is 17.5. The van der Waals surface area contributed by atoms with Crippen molar-refractivity contribution in [2.45, 2.75) is 58.5 Å². The number of benzene rings is 1. The minimum Gasteiger partial charge on any atom is -0.491 e. The highest BCUT2D eigenvalue weighted by Crippen LogP contribution is 2.24. The Morgan fingerprint density at radius 1 is 1.11 bits per heavy atom. The van der Waals surface area contributed by atoms with Crippen molar-refractivity contribution < 1.29 is 19.0 Å². The number of nitrogens with zero attached hydrogens (tertiary/aromatic N) is 1. The first kappa shape index (κ1) is 22.5. The molecule has 1 N–H and O–H groups in total. The van der Waals surface area contributed by atoms with E-state index in [-0.39, 0.29) is 6.10 Å². The van der Waals surface area contributed by atoms with Crippen LogP contribution in [-0.4, -0.2) is 56.6 Å². The standard InChI is InChI=1S/C22H36N2O4/c1-3-5-16-27-21-12-8-7-11-20(21)23-22(25)28-19(18-26-15-4-2)17-24-13-9-6-10-14-24/h7-8,11-12,19H,3-6,9-10,13-18H2,1-2H3,(H,23,25). The first-order chi connectivity index (χ1) is 13.7. The third-order valence-corrected chi connectivity index (χ3v) is 4.72. The highest BCUT2D eigenvalue weighted by atomic mass is 16.6. The molecule has 0 bridgehead atoms. The highest BCUT2D eigenvalue weighted by molar-refractivity contribution is 5.86. The van der Waals surface area contributed by atoms with Crippen molar-refractivity contribution in [2.24, 2.45) is 0 Å². The monoisotopic (exact) mass is 392 g/mol. The Bertz CT molecular complexity index is 561. The number of likely N-dealkylation sites (tertiary alicyclic amines) is 1. The third kappa shape index (κ3) is 8.48. The Labute approximate surface area is 169 Å². The predicted molar refractivity (Wildman–Crippen MR) is 112 cm³/mol. The van der Waals surface area contributed by atoms with Crippen LogP contribution in [0.5, 0.6) is 5.75 Å². The summed E-state index contributed by atoms with van der Waals surface area (Å²) < 4.78 is 17.2. The van der Waals surface area contributed by atoms with Crippen LogP contribution < -0.4 is 10.1 Å². The predicted octanol–water partition coefficient (Wildman–Crippen LogP) is 4.70. The average molecular weight is 393 g/mol. The van der Waals surface area contributed by atoms with Gasteiger partial charge in [0.2, 0.25) is 0 Å². The van der Waals surface area contributed by atoms with E-state index in [2.05, 4.69) is 24.1 Å². The molecule has 1 amide bonds. The minimum absolute atomic E-state index is 0.280. The summed E-state index contributed by atoms with van der Waals surface area (Å²) >= 11 is 0. The Hall–Kier alpha value is -1.79. The number of ether oxygens (including phenoxy) is 3. The van der Waals surface area contributed by atoms with Crippen molar-refractivity contribution >= 4 is 11.8 Å². The number of hydrogen-bond acceptors (Lipinski definition) is 5. The van der Waals surface area contributed by atoms with Gasteiger partial charge in [0.1, 0.15) is 11.9 Å². The van der Waals surface area contributed by atoms with Crippen LogP contribution >= 0.6 is 0 Å². The number of anilines is 1. The topological polar surface area (TPSA) is 60.0 Å². The molecule has 158 valence electrons. The fourth-order valence-electron chi connectivity index (χ4n) is 3.23. The van der Waals surface area contributed by atoms with Gasteiger partial charge in [-0.2, -0.15) is 0 Å². The summed E-state index contributed by atoms with van der Waals surface area (Å²) in [7, 11) is 0. The molecule has 1 aromatic carbocycles. The maximum Gasteiger partial charge on any atom is 0.412 e. The average Bonchev–Trinajstić information content (AvgIpc) is 2.70. The van der Waals surface area contributed by atoms with Gasteiger partial charge in [-0.15, -0.1) is 0 Å². The summed E-state index contributed by atoms with van der Waals surface area (Å²) in [6.45, 7) is 8.75. The molecule has 1 atom stereocenters. The summed E-state index contributed by atoms with van der Waals surface area (Å²) in [6.07, 6.45) is 5.94.